The minimum absolute atomic E-state index is 0.121. The second-order valence-corrected chi connectivity index (χ2v) is 7.34. The molecule has 0 heterocycles. The van der Waals surface area contributed by atoms with Gasteiger partial charge in [-0.1, -0.05) is 51.7 Å². The minimum atomic E-state index is -0.337. The van der Waals surface area contributed by atoms with E-state index in [1.165, 1.54) is 32.1 Å². The van der Waals surface area contributed by atoms with E-state index >= 15 is 0 Å². The Morgan fingerprint density at radius 2 is 1.47 bits per heavy atom. The molecule has 0 saturated carbocycles. The Balaban J connectivity index is 1.62. The smallest absolute Gasteiger partial charge is 0.277 e. The fraction of sp³-hybridized carbons (Fsp3) is 0.385. The summed E-state index contributed by atoms with van der Waals surface area (Å²) in [4.78, 5) is 11.9. The second kappa shape index (κ2) is 15.5. The highest BCUT2D eigenvalue weighted by Gasteiger charge is 2.02. The van der Waals surface area contributed by atoms with E-state index < -0.39 is 0 Å². The first-order valence-corrected chi connectivity index (χ1v) is 11.2. The largest absolute Gasteiger partial charge is 0.494 e. The predicted molar refractivity (Wildman–Crippen MR) is 129 cm³/mol. The molecule has 0 unspecified atom stereocenters. The van der Waals surface area contributed by atoms with Crippen LogP contribution in [-0.4, -0.2) is 31.9 Å². The van der Waals surface area contributed by atoms with Crippen LogP contribution >= 0.6 is 0 Å². The number of benzene rings is 2. The number of hydrogen-bond donors (Lipinski definition) is 1. The number of hydrogen-bond acceptors (Lipinski definition) is 5. The minimum Gasteiger partial charge on any atom is -0.494 e. The maximum absolute atomic E-state index is 11.9. The van der Waals surface area contributed by atoms with E-state index in [0.29, 0.717) is 12.4 Å². The highest BCUT2D eigenvalue weighted by molar-refractivity contribution is 5.83. The van der Waals surface area contributed by atoms with Crippen LogP contribution in [0.5, 0.6) is 17.2 Å². The van der Waals surface area contributed by atoms with Gasteiger partial charge >= 0.3 is 0 Å². The molecule has 0 spiro atoms. The van der Waals surface area contributed by atoms with Gasteiger partial charge in [0, 0.05) is 0 Å². The molecule has 32 heavy (non-hydrogen) atoms. The topological polar surface area (TPSA) is 69.2 Å². The summed E-state index contributed by atoms with van der Waals surface area (Å²) in [6, 6.07) is 14.6. The van der Waals surface area contributed by atoms with E-state index in [1.54, 1.807) is 24.4 Å². The quantitative estimate of drug-likeness (QED) is 0.162. The fourth-order valence-electron chi connectivity index (χ4n) is 2.87. The third-order valence-corrected chi connectivity index (χ3v) is 4.61. The number of carbonyl (C=O) groups excluding carboxylic acids is 1. The van der Waals surface area contributed by atoms with Crippen molar-refractivity contribution in [3.63, 3.8) is 0 Å². The first-order valence-electron chi connectivity index (χ1n) is 11.2. The number of unbranched alkanes of at least 4 members (excludes halogenated alkanes) is 5. The van der Waals surface area contributed by atoms with Crippen molar-refractivity contribution in [3.8, 4) is 17.2 Å². The zero-order valence-corrected chi connectivity index (χ0v) is 18.9. The zero-order chi connectivity index (χ0) is 22.9. The standard InChI is InChI=1S/C26H34N2O4/c1-3-5-6-7-8-9-19-31-24-14-16-25(17-15-24)32-21-26(29)28-27-20-22-10-12-23(13-11-22)30-18-4-2/h4,10-17,20H,2-3,5-9,18-19,21H2,1H3,(H,28,29)/b27-20+. The molecule has 172 valence electrons. The Hall–Kier alpha value is -3.28. The summed E-state index contributed by atoms with van der Waals surface area (Å²) in [5.41, 5.74) is 3.29. The van der Waals surface area contributed by atoms with Crippen molar-refractivity contribution < 1.29 is 19.0 Å². The lowest BCUT2D eigenvalue weighted by atomic mass is 10.1. The third-order valence-electron chi connectivity index (χ3n) is 4.61. The predicted octanol–water partition coefficient (Wildman–Crippen LogP) is 5.52. The van der Waals surface area contributed by atoms with Crippen LogP contribution in [0.3, 0.4) is 0 Å². The maximum Gasteiger partial charge on any atom is 0.277 e. The molecule has 0 aromatic heterocycles. The number of hydrazone groups is 1. The Bertz CT molecular complexity index is 817. The van der Waals surface area contributed by atoms with Gasteiger partial charge in [0.15, 0.2) is 6.61 Å². The first kappa shape index (κ1) is 25.0. The molecule has 0 radical (unpaired) electrons. The molecule has 0 atom stereocenters. The van der Waals surface area contributed by atoms with Crippen LogP contribution in [0.25, 0.3) is 0 Å². The molecule has 0 bridgehead atoms. The van der Waals surface area contributed by atoms with Gasteiger partial charge in [-0.15, -0.1) is 0 Å². The maximum atomic E-state index is 11.9. The molecule has 0 aliphatic heterocycles. The lowest BCUT2D eigenvalue weighted by molar-refractivity contribution is -0.123. The first-order chi connectivity index (χ1) is 15.7. The lowest BCUT2D eigenvalue weighted by Crippen LogP contribution is -2.24. The summed E-state index contributed by atoms with van der Waals surface area (Å²) >= 11 is 0. The van der Waals surface area contributed by atoms with Crippen LogP contribution in [0.2, 0.25) is 0 Å². The Morgan fingerprint density at radius 3 is 2.16 bits per heavy atom. The number of nitrogens with one attached hydrogen (secondary N) is 1. The van der Waals surface area contributed by atoms with Gasteiger partial charge in [0.05, 0.1) is 12.8 Å². The van der Waals surface area contributed by atoms with Crippen molar-refractivity contribution >= 4 is 12.1 Å². The van der Waals surface area contributed by atoms with Crippen molar-refractivity contribution in [3.05, 3.63) is 66.7 Å². The molecule has 2 aromatic carbocycles. The van der Waals surface area contributed by atoms with Gasteiger partial charge in [-0.2, -0.15) is 5.10 Å². The molecule has 1 N–H and O–H groups in total. The summed E-state index contributed by atoms with van der Waals surface area (Å²) in [6.07, 6.45) is 10.7. The van der Waals surface area contributed by atoms with Gasteiger partial charge in [0.25, 0.3) is 5.91 Å². The van der Waals surface area contributed by atoms with E-state index in [-0.39, 0.29) is 12.5 Å². The van der Waals surface area contributed by atoms with Crippen molar-refractivity contribution in [2.75, 3.05) is 19.8 Å². The fourth-order valence-corrected chi connectivity index (χ4v) is 2.87. The number of carbonyl (C=O) groups is 1. The molecular formula is C26H34N2O4. The normalized spacial score (nSPS) is 10.7. The second-order valence-electron chi connectivity index (χ2n) is 7.34. The number of ether oxygens (including phenoxy) is 3. The zero-order valence-electron chi connectivity index (χ0n) is 18.9. The molecule has 6 heteroatoms. The van der Waals surface area contributed by atoms with Gasteiger partial charge in [-0.25, -0.2) is 5.43 Å². The van der Waals surface area contributed by atoms with Crippen LogP contribution in [-0.2, 0) is 4.79 Å². The average Bonchev–Trinajstić information content (AvgIpc) is 2.82. The Labute approximate surface area is 191 Å². The molecule has 6 nitrogen and oxygen atoms in total. The molecule has 0 aliphatic rings. The monoisotopic (exact) mass is 438 g/mol. The van der Waals surface area contributed by atoms with Crippen molar-refractivity contribution in [2.45, 2.75) is 45.4 Å². The van der Waals surface area contributed by atoms with E-state index in [1.807, 2.05) is 36.4 Å². The van der Waals surface area contributed by atoms with Crippen LogP contribution < -0.4 is 19.6 Å². The Morgan fingerprint density at radius 1 is 0.875 bits per heavy atom. The third kappa shape index (κ3) is 10.7. The number of nitrogens with zero attached hydrogens (tertiary/aromatic N) is 1. The van der Waals surface area contributed by atoms with Crippen LogP contribution in [0.4, 0.5) is 0 Å². The Kier molecular flexibility index (Phi) is 12.1. The van der Waals surface area contributed by atoms with E-state index in [0.717, 1.165) is 30.1 Å². The van der Waals surface area contributed by atoms with Crippen molar-refractivity contribution in [1.29, 1.82) is 0 Å². The summed E-state index contributed by atoms with van der Waals surface area (Å²) in [6.45, 7) is 6.89. The van der Waals surface area contributed by atoms with E-state index in [4.69, 9.17) is 14.2 Å². The molecule has 2 rings (SSSR count). The van der Waals surface area contributed by atoms with Gasteiger partial charge < -0.3 is 14.2 Å². The van der Waals surface area contributed by atoms with Gasteiger partial charge in [-0.05, 0) is 60.5 Å². The van der Waals surface area contributed by atoms with Crippen LogP contribution in [0, 0.1) is 0 Å². The van der Waals surface area contributed by atoms with Gasteiger partial charge in [-0.3, -0.25) is 4.79 Å². The number of amides is 1. The van der Waals surface area contributed by atoms with E-state index in [9.17, 15) is 4.79 Å². The number of rotatable bonds is 16. The molecule has 0 fully saturated rings. The summed E-state index contributed by atoms with van der Waals surface area (Å²) in [7, 11) is 0. The molecule has 0 aliphatic carbocycles. The SMILES string of the molecule is C=CCOc1ccc(/C=N/NC(=O)COc2ccc(OCCCCCCCC)cc2)cc1. The molecule has 2 aromatic rings. The van der Waals surface area contributed by atoms with Crippen LogP contribution in [0.15, 0.2) is 66.3 Å². The summed E-state index contributed by atoms with van der Waals surface area (Å²) in [5.74, 6) is 1.82. The molecule has 0 saturated heterocycles. The van der Waals surface area contributed by atoms with Gasteiger partial charge in [0.1, 0.15) is 23.9 Å². The highest BCUT2D eigenvalue weighted by atomic mass is 16.5. The lowest BCUT2D eigenvalue weighted by Gasteiger charge is -2.08. The highest BCUT2D eigenvalue weighted by Crippen LogP contribution is 2.18. The van der Waals surface area contributed by atoms with E-state index in [2.05, 4.69) is 24.0 Å². The molecule has 1 amide bonds. The summed E-state index contributed by atoms with van der Waals surface area (Å²) < 4.78 is 16.7. The molecular weight excluding hydrogens is 404 g/mol. The van der Waals surface area contributed by atoms with Gasteiger partial charge in [0.2, 0.25) is 0 Å². The van der Waals surface area contributed by atoms with Crippen molar-refractivity contribution in [1.82, 2.24) is 5.43 Å². The average molecular weight is 439 g/mol. The summed E-state index contributed by atoms with van der Waals surface area (Å²) in [5, 5.41) is 3.94. The van der Waals surface area contributed by atoms with Crippen LogP contribution in [0.1, 0.15) is 51.0 Å². The van der Waals surface area contributed by atoms with Crippen molar-refractivity contribution in [2.24, 2.45) is 5.10 Å².